The Kier molecular flexibility index (Phi) is 4.27. The van der Waals surface area contributed by atoms with E-state index in [1.54, 1.807) is 18.5 Å². The summed E-state index contributed by atoms with van der Waals surface area (Å²) in [6.45, 7) is 2.83. The standard InChI is InChI=1S/C16H23N3O2/c20-15(13-4-1-2-5-13)18-8-3-9-19(11-10-18)16(21)14-6-7-17-12-14/h6-7,12-13,17H,1-5,8-11H2. The number of carbonyl (C=O) groups is 2. The van der Waals surface area contributed by atoms with Crippen molar-refractivity contribution in [3.05, 3.63) is 24.0 Å². The molecule has 2 fully saturated rings. The molecule has 1 saturated carbocycles. The molecule has 3 rings (SSSR count). The molecule has 1 aromatic heterocycles. The van der Waals surface area contributed by atoms with E-state index >= 15 is 0 Å². The van der Waals surface area contributed by atoms with Gasteiger partial charge in [-0.1, -0.05) is 12.8 Å². The Bertz CT molecular complexity index is 492. The molecule has 1 aliphatic heterocycles. The van der Waals surface area contributed by atoms with E-state index in [4.69, 9.17) is 0 Å². The number of hydrogen-bond donors (Lipinski definition) is 1. The number of hydrogen-bond acceptors (Lipinski definition) is 2. The summed E-state index contributed by atoms with van der Waals surface area (Å²) in [4.78, 5) is 31.6. The molecule has 0 spiro atoms. The molecule has 0 atom stereocenters. The molecule has 1 N–H and O–H groups in total. The molecule has 1 aliphatic carbocycles. The van der Waals surface area contributed by atoms with Crippen LogP contribution in [0.25, 0.3) is 0 Å². The molecule has 0 aromatic carbocycles. The number of amides is 2. The van der Waals surface area contributed by atoms with Gasteiger partial charge < -0.3 is 14.8 Å². The summed E-state index contributed by atoms with van der Waals surface area (Å²) in [5, 5.41) is 0. The van der Waals surface area contributed by atoms with Gasteiger partial charge in [-0.25, -0.2) is 0 Å². The second kappa shape index (κ2) is 6.33. The van der Waals surface area contributed by atoms with E-state index in [0.717, 1.165) is 32.4 Å². The number of aromatic nitrogens is 1. The minimum Gasteiger partial charge on any atom is -0.367 e. The van der Waals surface area contributed by atoms with E-state index in [2.05, 4.69) is 4.98 Å². The van der Waals surface area contributed by atoms with Gasteiger partial charge in [-0.15, -0.1) is 0 Å². The Labute approximate surface area is 125 Å². The van der Waals surface area contributed by atoms with Gasteiger partial charge in [0.1, 0.15) is 0 Å². The SMILES string of the molecule is O=C(c1cc[nH]c1)N1CCCN(C(=O)C2CCCC2)CC1. The fourth-order valence-corrected chi connectivity index (χ4v) is 3.41. The van der Waals surface area contributed by atoms with Crippen molar-refractivity contribution in [1.29, 1.82) is 0 Å². The molecule has 1 saturated heterocycles. The van der Waals surface area contributed by atoms with Crippen LogP contribution < -0.4 is 0 Å². The normalized spacial score (nSPS) is 20.6. The Hall–Kier alpha value is -1.78. The third kappa shape index (κ3) is 3.12. The summed E-state index contributed by atoms with van der Waals surface area (Å²) in [7, 11) is 0. The first-order chi connectivity index (χ1) is 10.3. The van der Waals surface area contributed by atoms with Gasteiger partial charge in [0.15, 0.2) is 0 Å². The highest BCUT2D eigenvalue weighted by molar-refractivity contribution is 5.94. The fraction of sp³-hybridized carbons (Fsp3) is 0.625. The molecular formula is C16H23N3O2. The number of H-pyrrole nitrogens is 1. The lowest BCUT2D eigenvalue weighted by Crippen LogP contribution is -2.39. The van der Waals surface area contributed by atoms with E-state index in [1.807, 2.05) is 9.80 Å². The third-order valence-electron chi connectivity index (χ3n) is 4.64. The van der Waals surface area contributed by atoms with Gasteiger partial charge in [0.25, 0.3) is 5.91 Å². The maximum absolute atomic E-state index is 12.5. The Morgan fingerprint density at radius 2 is 1.71 bits per heavy atom. The molecule has 5 heteroatoms. The van der Waals surface area contributed by atoms with Crippen molar-refractivity contribution in [2.45, 2.75) is 32.1 Å². The number of nitrogens with zero attached hydrogens (tertiary/aromatic N) is 2. The van der Waals surface area contributed by atoms with Crippen LogP contribution in [0.5, 0.6) is 0 Å². The average Bonchev–Trinajstić information content (AvgIpc) is 3.15. The van der Waals surface area contributed by atoms with Crippen LogP contribution in [0.15, 0.2) is 18.5 Å². The van der Waals surface area contributed by atoms with Crippen LogP contribution in [0.4, 0.5) is 0 Å². The van der Waals surface area contributed by atoms with Gasteiger partial charge in [0.2, 0.25) is 5.91 Å². The van der Waals surface area contributed by atoms with Crippen LogP contribution in [0.3, 0.4) is 0 Å². The Morgan fingerprint density at radius 1 is 1.00 bits per heavy atom. The molecule has 114 valence electrons. The van der Waals surface area contributed by atoms with Gasteiger partial charge in [0.05, 0.1) is 5.56 Å². The Balaban J connectivity index is 1.59. The summed E-state index contributed by atoms with van der Waals surface area (Å²) in [5.41, 5.74) is 0.700. The third-order valence-corrected chi connectivity index (χ3v) is 4.64. The monoisotopic (exact) mass is 289 g/mol. The van der Waals surface area contributed by atoms with Crippen LogP contribution in [0.2, 0.25) is 0 Å². The molecule has 2 aliphatic rings. The topological polar surface area (TPSA) is 56.4 Å². The van der Waals surface area contributed by atoms with Gasteiger partial charge in [-0.3, -0.25) is 9.59 Å². The van der Waals surface area contributed by atoms with E-state index < -0.39 is 0 Å². The zero-order valence-corrected chi connectivity index (χ0v) is 12.4. The van der Waals surface area contributed by atoms with Gasteiger partial charge in [-0.2, -0.15) is 0 Å². The van der Waals surface area contributed by atoms with Gasteiger partial charge >= 0.3 is 0 Å². The first-order valence-electron chi connectivity index (χ1n) is 7.96. The maximum Gasteiger partial charge on any atom is 0.255 e. The largest absolute Gasteiger partial charge is 0.367 e. The molecule has 0 unspecified atom stereocenters. The number of nitrogens with one attached hydrogen (secondary N) is 1. The number of rotatable bonds is 2. The van der Waals surface area contributed by atoms with Gasteiger partial charge in [-0.05, 0) is 25.3 Å². The summed E-state index contributed by atoms with van der Waals surface area (Å²) < 4.78 is 0. The van der Waals surface area contributed by atoms with Crippen LogP contribution in [0, 0.1) is 5.92 Å². The summed E-state index contributed by atoms with van der Waals surface area (Å²) in [5.74, 6) is 0.604. The Morgan fingerprint density at radius 3 is 2.43 bits per heavy atom. The van der Waals surface area contributed by atoms with Crippen molar-refractivity contribution in [2.24, 2.45) is 5.92 Å². The van der Waals surface area contributed by atoms with Crippen LogP contribution in [-0.4, -0.2) is 52.8 Å². The predicted octanol–water partition coefficient (Wildman–Crippen LogP) is 1.88. The highest BCUT2D eigenvalue weighted by atomic mass is 16.2. The van der Waals surface area contributed by atoms with Crippen LogP contribution >= 0.6 is 0 Å². The molecule has 5 nitrogen and oxygen atoms in total. The lowest BCUT2D eigenvalue weighted by atomic mass is 10.1. The zero-order chi connectivity index (χ0) is 14.7. The first-order valence-corrected chi connectivity index (χ1v) is 7.96. The number of carbonyl (C=O) groups excluding carboxylic acids is 2. The molecule has 0 bridgehead atoms. The first kappa shape index (κ1) is 14.2. The quantitative estimate of drug-likeness (QED) is 0.903. The predicted molar refractivity (Wildman–Crippen MR) is 79.9 cm³/mol. The van der Waals surface area contributed by atoms with E-state index in [0.29, 0.717) is 24.6 Å². The second-order valence-corrected chi connectivity index (χ2v) is 6.05. The van der Waals surface area contributed by atoms with Crippen molar-refractivity contribution >= 4 is 11.8 Å². The highest BCUT2D eigenvalue weighted by Gasteiger charge is 2.29. The van der Waals surface area contributed by atoms with E-state index in [1.165, 1.54) is 12.8 Å². The molecule has 2 heterocycles. The summed E-state index contributed by atoms with van der Waals surface area (Å²) in [6.07, 6.45) is 8.82. The summed E-state index contributed by atoms with van der Waals surface area (Å²) >= 11 is 0. The van der Waals surface area contributed by atoms with Crippen molar-refractivity contribution in [2.75, 3.05) is 26.2 Å². The minimum atomic E-state index is 0.0615. The highest BCUT2D eigenvalue weighted by Crippen LogP contribution is 2.27. The van der Waals surface area contributed by atoms with E-state index in [-0.39, 0.29) is 11.8 Å². The van der Waals surface area contributed by atoms with Crippen LogP contribution in [0.1, 0.15) is 42.5 Å². The molecule has 21 heavy (non-hydrogen) atoms. The number of aromatic amines is 1. The van der Waals surface area contributed by atoms with Gasteiger partial charge in [0, 0.05) is 44.5 Å². The van der Waals surface area contributed by atoms with Crippen molar-refractivity contribution in [3.63, 3.8) is 0 Å². The maximum atomic E-state index is 12.5. The lowest BCUT2D eigenvalue weighted by molar-refractivity contribution is -0.135. The molecule has 2 amide bonds. The van der Waals surface area contributed by atoms with E-state index in [9.17, 15) is 9.59 Å². The molecule has 1 aromatic rings. The minimum absolute atomic E-state index is 0.0615. The van der Waals surface area contributed by atoms with Crippen molar-refractivity contribution in [3.8, 4) is 0 Å². The van der Waals surface area contributed by atoms with Crippen molar-refractivity contribution < 1.29 is 9.59 Å². The molecular weight excluding hydrogens is 266 g/mol. The average molecular weight is 289 g/mol. The smallest absolute Gasteiger partial charge is 0.255 e. The van der Waals surface area contributed by atoms with Crippen molar-refractivity contribution in [1.82, 2.24) is 14.8 Å². The fourth-order valence-electron chi connectivity index (χ4n) is 3.41. The second-order valence-electron chi connectivity index (χ2n) is 6.05. The van der Waals surface area contributed by atoms with Crippen LogP contribution in [-0.2, 0) is 4.79 Å². The molecule has 0 radical (unpaired) electrons. The zero-order valence-electron chi connectivity index (χ0n) is 12.4. The summed E-state index contributed by atoms with van der Waals surface area (Å²) in [6, 6.07) is 1.80. The lowest BCUT2D eigenvalue weighted by Gasteiger charge is -2.24.